The Morgan fingerprint density at radius 1 is 1.50 bits per heavy atom. The lowest BCUT2D eigenvalue weighted by atomic mass is 10.4. The molecule has 0 spiro atoms. The molecule has 0 aromatic heterocycles. The molecule has 1 N–H and O–H groups in total. The molecule has 1 saturated heterocycles. The van der Waals surface area contributed by atoms with Crippen LogP contribution in [0.25, 0.3) is 0 Å². The van der Waals surface area contributed by atoms with Gasteiger partial charge in [-0.25, -0.2) is 4.79 Å². The van der Waals surface area contributed by atoms with Crippen LogP contribution in [-0.4, -0.2) is 43.8 Å². The minimum atomic E-state index is 0.00181. The maximum atomic E-state index is 11.3. The predicted octanol–water partition coefficient (Wildman–Crippen LogP) is 0.252. The smallest absolute Gasteiger partial charge is 0.317 e. The molecular formula is C8H15N2O2. The van der Waals surface area contributed by atoms with E-state index in [1.54, 1.807) is 4.90 Å². The van der Waals surface area contributed by atoms with Crippen molar-refractivity contribution in [3.63, 3.8) is 0 Å². The van der Waals surface area contributed by atoms with Gasteiger partial charge in [0.2, 0.25) is 0 Å². The van der Waals surface area contributed by atoms with Gasteiger partial charge >= 0.3 is 6.03 Å². The van der Waals surface area contributed by atoms with E-state index in [0.717, 1.165) is 6.42 Å². The van der Waals surface area contributed by atoms with Gasteiger partial charge in [-0.2, -0.15) is 0 Å². The Morgan fingerprint density at radius 3 is 2.75 bits per heavy atom. The first kappa shape index (κ1) is 9.32. The zero-order valence-electron chi connectivity index (χ0n) is 7.21. The standard InChI is InChI=1S/C8H15N2O2/c1-2-3-9-8(11)10-4-6-12-7-5-10/h1-7H2,(H,9,11). The fourth-order valence-corrected chi connectivity index (χ4v) is 1.07. The second-order valence-corrected chi connectivity index (χ2v) is 2.68. The van der Waals surface area contributed by atoms with Gasteiger partial charge in [0.25, 0.3) is 0 Å². The lowest BCUT2D eigenvalue weighted by Crippen LogP contribution is -2.46. The van der Waals surface area contributed by atoms with Crippen molar-refractivity contribution in [1.82, 2.24) is 10.2 Å². The van der Waals surface area contributed by atoms with Crippen LogP contribution in [0.15, 0.2) is 0 Å². The van der Waals surface area contributed by atoms with Gasteiger partial charge in [0.05, 0.1) is 13.2 Å². The molecule has 1 aliphatic rings. The Bertz CT molecular complexity index is 144. The molecule has 2 amide bonds. The van der Waals surface area contributed by atoms with E-state index < -0.39 is 0 Å². The van der Waals surface area contributed by atoms with Crippen molar-refractivity contribution in [2.45, 2.75) is 6.42 Å². The van der Waals surface area contributed by atoms with Crippen LogP contribution in [0, 0.1) is 6.92 Å². The number of nitrogens with zero attached hydrogens (tertiary/aromatic N) is 1. The van der Waals surface area contributed by atoms with Crippen molar-refractivity contribution < 1.29 is 9.53 Å². The summed E-state index contributed by atoms with van der Waals surface area (Å²) in [6.45, 7) is 6.99. The molecule has 4 nitrogen and oxygen atoms in total. The number of hydrogen-bond acceptors (Lipinski definition) is 2. The molecule has 0 atom stereocenters. The quantitative estimate of drug-likeness (QED) is 0.647. The summed E-state index contributed by atoms with van der Waals surface area (Å²) < 4.78 is 5.12. The van der Waals surface area contributed by atoms with E-state index in [1.807, 2.05) is 0 Å². The Balaban J connectivity index is 2.20. The maximum Gasteiger partial charge on any atom is 0.317 e. The Morgan fingerprint density at radius 2 is 2.17 bits per heavy atom. The molecule has 0 aromatic carbocycles. The largest absolute Gasteiger partial charge is 0.378 e. The van der Waals surface area contributed by atoms with Crippen LogP contribution < -0.4 is 5.32 Å². The van der Waals surface area contributed by atoms with E-state index in [9.17, 15) is 4.79 Å². The molecule has 0 unspecified atom stereocenters. The topological polar surface area (TPSA) is 41.6 Å². The van der Waals surface area contributed by atoms with Gasteiger partial charge in [0.1, 0.15) is 0 Å². The van der Waals surface area contributed by atoms with Gasteiger partial charge in [0, 0.05) is 19.6 Å². The highest BCUT2D eigenvalue weighted by atomic mass is 16.5. The highest BCUT2D eigenvalue weighted by Crippen LogP contribution is 1.96. The lowest BCUT2D eigenvalue weighted by Gasteiger charge is -2.26. The summed E-state index contributed by atoms with van der Waals surface area (Å²) in [5.74, 6) is 0. The summed E-state index contributed by atoms with van der Waals surface area (Å²) in [7, 11) is 0. The Labute approximate surface area is 72.9 Å². The van der Waals surface area contributed by atoms with Crippen LogP contribution in [0.5, 0.6) is 0 Å². The SMILES string of the molecule is [CH2]CCNC(=O)N1CCOCC1. The second kappa shape index (κ2) is 4.98. The first-order chi connectivity index (χ1) is 5.84. The fourth-order valence-electron chi connectivity index (χ4n) is 1.07. The van der Waals surface area contributed by atoms with Gasteiger partial charge in [0.15, 0.2) is 0 Å². The average molecular weight is 171 g/mol. The Hall–Kier alpha value is -0.770. The first-order valence-electron chi connectivity index (χ1n) is 4.24. The number of morpholine rings is 1. The maximum absolute atomic E-state index is 11.3. The first-order valence-corrected chi connectivity index (χ1v) is 4.24. The van der Waals surface area contributed by atoms with Crippen molar-refractivity contribution in [2.24, 2.45) is 0 Å². The van der Waals surface area contributed by atoms with Crippen molar-refractivity contribution >= 4 is 6.03 Å². The summed E-state index contributed by atoms with van der Waals surface area (Å²) in [6.07, 6.45) is 0.732. The van der Waals surface area contributed by atoms with E-state index in [4.69, 9.17) is 4.74 Å². The van der Waals surface area contributed by atoms with Crippen molar-refractivity contribution in [3.8, 4) is 0 Å². The van der Waals surface area contributed by atoms with Crippen LogP contribution in [0.2, 0.25) is 0 Å². The van der Waals surface area contributed by atoms with Crippen LogP contribution in [-0.2, 0) is 4.74 Å². The fraction of sp³-hybridized carbons (Fsp3) is 0.750. The third-order valence-corrected chi connectivity index (χ3v) is 1.75. The molecule has 0 aliphatic carbocycles. The summed E-state index contributed by atoms with van der Waals surface area (Å²) in [5.41, 5.74) is 0. The van der Waals surface area contributed by atoms with Gasteiger partial charge in [-0.3, -0.25) is 0 Å². The third kappa shape index (κ3) is 2.70. The number of amides is 2. The molecule has 0 aromatic rings. The van der Waals surface area contributed by atoms with Gasteiger partial charge in [-0.15, -0.1) is 0 Å². The molecule has 1 heterocycles. The van der Waals surface area contributed by atoms with Crippen molar-refractivity contribution in [2.75, 3.05) is 32.8 Å². The van der Waals surface area contributed by atoms with Gasteiger partial charge < -0.3 is 15.0 Å². The number of carbonyl (C=O) groups is 1. The summed E-state index contributed by atoms with van der Waals surface area (Å²) in [5, 5.41) is 2.77. The van der Waals surface area contributed by atoms with Crippen LogP contribution in [0.1, 0.15) is 6.42 Å². The second-order valence-electron chi connectivity index (χ2n) is 2.68. The molecule has 1 fully saturated rings. The number of nitrogens with one attached hydrogen (secondary N) is 1. The lowest BCUT2D eigenvalue weighted by molar-refractivity contribution is 0.0533. The summed E-state index contributed by atoms with van der Waals surface area (Å²) in [6, 6.07) is 0.00181. The van der Waals surface area contributed by atoms with E-state index in [1.165, 1.54) is 0 Å². The predicted molar refractivity (Wildman–Crippen MR) is 45.8 cm³/mol. The molecule has 0 bridgehead atoms. The van der Waals surface area contributed by atoms with Crippen LogP contribution in [0.3, 0.4) is 0 Å². The van der Waals surface area contributed by atoms with Crippen LogP contribution >= 0.6 is 0 Å². The zero-order valence-corrected chi connectivity index (χ0v) is 7.21. The normalized spacial score (nSPS) is 17.6. The molecule has 12 heavy (non-hydrogen) atoms. The van der Waals surface area contributed by atoms with Crippen LogP contribution in [0.4, 0.5) is 4.79 Å². The minimum absolute atomic E-state index is 0.00181. The number of rotatable bonds is 2. The molecular weight excluding hydrogens is 156 g/mol. The number of carbonyl (C=O) groups excluding carboxylic acids is 1. The molecule has 1 rings (SSSR count). The van der Waals surface area contributed by atoms with E-state index >= 15 is 0 Å². The van der Waals surface area contributed by atoms with E-state index in [2.05, 4.69) is 12.2 Å². The molecule has 0 saturated carbocycles. The summed E-state index contributed by atoms with van der Waals surface area (Å²) in [4.78, 5) is 13.1. The molecule has 1 radical (unpaired) electrons. The number of hydrogen-bond donors (Lipinski definition) is 1. The zero-order chi connectivity index (χ0) is 8.81. The monoisotopic (exact) mass is 171 g/mol. The number of ether oxygens (including phenoxy) is 1. The Kier molecular flexibility index (Phi) is 3.87. The average Bonchev–Trinajstić information content (AvgIpc) is 2.15. The van der Waals surface area contributed by atoms with E-state index in [-0.39, 0.29) is 6.03 Å². The molecule has 1 aliphatic heterocycles. The highest BCUT2D eigenvalue weighted by molar-refractivity contribution is 5.74. The van der Waals surface area contributed by atoms with E-state index in [0.29, 0.717) is 32.8 Å². The van der Waals surface area contributed by atoms with Gasteiger partial charge in [-0.05, 0) is 6.42 Å². The highest BCUT2D eigenvalue weighted by Gasteiger charge is 2.15. The molecule has 69 valence electrons. The van der Waals surface area contributed by atoms with Crippen molar-refractivity contribution in [1.29, 1.82) is 0 Å². The minimum Gasteiger partial charge on any atom is -0.378 e. The number of urea groups is 1. The summed E-state index contributed by atoms with van der Waals surface area (Å²) >= 11 is 0. The third-order valence-electron chi connectivity index (χ3n) is 1.75. The molecule has 4 heteroatoms. The van der Waals surface area contributed by atoms with Crippen molar-refractivity contribution in [3.05, 3.63) is 6.92 Å². The van der Waals surface area contributed by atoms with Gasteiger partial charge in [-0.1, -0.05) is 6.92 Å².